The minimum atomic E-state index is -0.654. The van der Waals surface area contributed by atoms with E-state index in [1.165, 1.54) is 12.1 Å². The quantitative estimate of drug-likeness (QED) is 0.588. The second-order valence-corrected chi connectivity index (χ2v) is 5.01. The summed E-state index contributed by atoms with van der Waals surface area (Å²) in [6.07, 6.45) is 1.31. The van der Waals surface area contributed by atoms with Crippen molar-refractivity contribution >= 4 is 5.69 Å². The van der Waals surface area contributed by atoms with E-state index in [0.29, 0.717) is 12.1 Å². The van der Waals surface area contributed by atoms with Crippen LogP contribution in [-0.4, -0.2) is 22.1 Å². The molecule has 1 aromatic rings. The summed E-state index contributed by atoms with van der Waals surface area (Å²) in [6.45, 7) is 6.77. The first kappa shape index (κ1) is 15.6. The lowest BCUT2D eigenvalue weighted by atomic mass is 9.95. The predicted octanol–water partition coefficient (Wildman–Crippen LogP) is 2.80. The molecule has 5 heteroatoms. The van der Waals surface area contributed by atoms with Gasteiger partial charge in [0.25, 0.3) is 5.69 Å². The number of β-amino-alcohol motifs (C(OH)–C–C–N with tert-alkyl or cyclic N) is 1. The Bertz CT molecular complexity index is 413. The van der Waals surface area contributed by atoms with Gasteiger partial charge in [0, 0.05) is 24.2 Å². The minimum Gasteiger partial charge on any atom is -0.387 e. The average Bonchev–Trinajstić information content (AvgIpc) is 2.44. The van der Waals surface area contributed by atoms with Gasteiger partial charge < -0.3 is 10.4 Å². The normalized spacial score (nSPS) is 13.3. The number of nitrogens with one attached hydrogen (secondary N) is 1. The number of aliphatic hydroxyl groups is 1. The van der Waals surface area contributed by atoms with Crippen LogP contribution in [0, 0.1) is 10.1 Å². The van der Waals surface area contributed by atoms with E-state index in [-0.39, 0.29) is 11.2 Å². The molecule has 0 saturated heterocycles. The highest BCUT2D eigenvalue weighted by Gasteiger charge is 2.20. The zero-order valence-corrected chi connectivity index (χ0v) is 11.7. The van der Waals surface area contributed by atoms with Crippen LogP contribution in [0.2, 0.25) is 0 Å². The highest BCUT2D eigenvalue weighted by molar-refractivity contribution is 5.33. The molecule has 19 heavy (non-hydrogen) atoms. The maximum absolute atomic E-state index is 10.5. The third-order valence-corrected chi connectivity index (χ3v) is 3.77. The summed E-state index contributed by atoms with van der Waals surface area (Å²) in [4.78, 5) is 10.1. The van der Waals surface area contributed by atoms with Crippen molar-refractivity contribution < 1.29 is 10.0 Å². The van der Waals surface area contributed by atoms with Gasteiger partial charge in [-0.05, 0) is 37.5 Å². The summed E-state index contributed by atoms with van der Waals surface area (Å²) in [5.41, 5.74) is 0.741. The predicted molar refractivity (Wildman–Crippen MR) is 75.0 cm³/mol. The van der Waals surface area contributed by atoms with Crippen molar-refractivity contribution in [3.8, 4) is 0 Å². The summed E-state index contributed by atoms with van der Waals surface area (Å²) in [5.74, 6) is 0. The summed E-state index contributed by atoms with van der Waals surface area (Å²) >= 11 is 0. The third kappa shape index (κ3) is 4.29. The molecule has 0 aliphatic heterocycles. The molecule has 2 N–H and O–H groups in total. The molecule has 0 amide bonds. The lowest BCUT2D eigenvalue weighted by molar-refractivity contribution is -0.384. The van der Waals surface area contributed by atoms with Crippen molar-refractivity contribution in [3.63, 3.8) is 0 Å². The molecule has 5 nitrogen and oxygen atoms in total. The Balaban J connectivity index is 2.63. The molecule has 1 unspecified atom stereocenters. The highest BCUT2D eigenvalue weighted by atomic mass is 16.6. The minimum absolute atomic E-state index is 0.0156. The van der Waals surface area contributed by atoms with Crippen LogP contribution in [0.1, 0.15) is 45.3 Å². The van der Waals surface area contributed by atoms with Gasteiger partial charge in [0.2, 0.25) is 0 Å². The van der Waals surface area contributed by atoms with Crippen molar-refractivity contribution in [1.82, 2.24) is 5.32 Å². The largest absolute Gasteiger partial charge is 0.387 e. The van der Waals surface area contributed by atoms with Gasteiger partial charge in [-0.2, -0.15) is 0 Å². The molecule has 0 spiro atoms. The van der Waals surface area contributed by atoms with Crippen LogP contribution in [0.3, 0.4) is 0 Å². The molecule has 0 aromatic heterocycles. The number of hydrogen-bond acceptors (Lipinski definition) is 4. The van der Waals surface area contributed by atoms with Crippen LogP contribution < -0.4 is 5.32 Å². The van der Waals surface area contributed by atoms with Crippen LogP contribution in [0.5, 0.6) is 0 Å². The Kier molecular flexibility index (Phi) is 5.44. The van der Waals surface area contributed by atoms with E-state index in [1.54, 1.807) is 12.1 Å². The molecule has 0 saturated carbocycles. The Hall–Kier alpha value is -1.46. The molecule has 0 heterocycles. The van der Waals surface area contributed by atoms with Gasteiger partial charge in [0.15, 0.2) is 0 Å². The second-order valence-electron chi connectivity index (χ2n) is 5.01. The van der Waals surface area contributed by atoms with E-state index in [0.717, 1.165) is 12.8 Å². The van der Waals surface area contributed by atoms with Gasteiger partial charge in [-0.15, -0.1) is 0 Å². The van der Waals surface area contributed by atoms with Gasteiger partial charge in [-0.25, -0.2) is 0 Å². The van der Waals surface area contributed by atoms with Crippen molar-refractivity contribution in [2.75, 3.05) is 6.54 Å². The Morgan fingerprint density at radius 3 is 2.26 bits per heavy atom. The van der Waals surface area contributed by atoms with Crippen molar-refractivity contribution in [2.24, 2.45) is 0 Å². The zero-order chi connectivity index (χ0) is 14.5. The van der Waals surface area contributed by atoms with E-state index in [9.17, 15) is 15.2 Å². The first-order chi connectivity index (χ1) is 8.91. The maximum atomic E-state index is 10.5. The third-order valence-electron chi connectivity index (χ3n) is 3.77. The number of non-ortho nitro benzene ring substituents is 1. The number of nitrogens with zero attached hydrogens (tertiary/aromatic N) is 1. The molecule has 0 radical (unpaired) electrons. The molecule has 0 bridgehead atoms. The molecule has 1 aromatic carbocycles. The van der Waals surface area contributed by atoms with Crippen molar-refractivity contribution in [1.29, 1.82) is 0 Å². The van der Waals surface area contributed by atoms with E-state index in [4.69, 9.17) is 0 Å². The van der Waals surface area contributed by atoms with E-state index in [2.05, 4.69) is 26.1 Å². The first-order valence-electron chi connectivity index (χ1n) is 6.59. The SMILES string of the molecule is CCC(C)(CC)NCC(O)c1ccc([N+](=O)[O-])cc1. The molecule has 1 rings (SSSR count). The fourth-order valence-corrected chi connectivity index (χ4v) is 1.78. The van der Waals surface area contributed by atoms with Gasteiger partial charge in [0.05, 0.1) is 11.0 Å². The first-order valence-corrected chi connectivity index (χ1v) is 6.59. The highest BCUT2D eigenvalue weighted by Crippen LogP contribution is 2.19. The van der Waals surface area contributed by atoms with Crippen LogP contribution in [0.25, 0.3) is 0 Å². The number of hydrogen-bond donors (Lipinski definition) is 2. The fraction of sp³-hybridized carbons (Fsp3) is 0.571. The lowest BCUT2D eigenvalue weighted by Gasteiger charge is -2.29. The number of aliphatic hydroxyl groups excluding tert-OH is 1. The van der Waals surface area contributed by atoms with Crippen molar-refractivity contribution in [2.45, 2.75) is 45.3 Å². The summed E-state index contributed by atoms with van der Waals surface area (Å²) in [5, 5.41) is 24.0. The monoisotopic (exact) mass is 266 g/mol. The number of benzene rings is 1. The van der Waals surface area contributed by atoms with Crippen molar-refractivity contribution in [3.05, 3.63) is 39.9 Å². The van der Waals surface area contributed by atoms with Gasteiger partial charge in [-0.3, -0.25) is 10.1 Å². The summed E-state index contributed by atoms with van der Waals surface area (Å²) in [7, 11) is 0. The topological polar surface area (TPSA) is 75.4 Å². The zero-order valence-electron chi connectivity index (χ0n) is 11.7. The maximum Gasteiger partial charge on any atom is 0.269 e. The second kappa shape index (κ2) is 6.63. The molecule has 0 aliphatic rings. The van der Waals surface area contributed by atoms with Gasteiger partial charge in [-0.1, -0.05) is 13.8 Å². The van der Waals surface area contributed by atoms with E-state index < -0.39 is 11.0 Å². The van der Waals surface area contributed by atoms with Gasteiger partial charge >= 0.3 is 0 Å². The Morgan fingerprint density at radius 1 is 1.32 bits per heavy atom. The Morgan fingerprint density at radius 2 is 1.84 bits per heavy atom. The summed E-state index contributed by atoms with van der Waals surface area (Å²) in [6, 6.07) is 6.02. The molecular weight excluding hydrogens is 244 g/mol. The van der Waals surface area contributed by atoms with E-state index >= 15 is 0 Å². The number of nitro benzene ring substituents is 1. The van der Waals surface area contributed by atoms with E-state index in [1.807, 2.05) is 0 Å². The average molecular weight is 266 g/mol. The molecule has 1 atom stereocenters. The molecule has 0 fully saturated rings. The smallest absolute Gasteiger partial charge is 0.269 e. The Labute approximate surface area is 113 Å². The molecule has 0 aliphatic carbocycles. The summed E-state index contributed by atoms with van der Waals surface area (Å²) < 4.78 is 0. The fourth-order valence-electron chi connectivity index (χ4n) is 1.78. The standard InChI is InChI=1S/C14H22N2O3/c1-4-14(3,5-2)15-10-13(17)11-6-8-12(9-7-11)16(18)19/h6-9,13,15,17H,4-5,10H2,1-3H3. The van der Waals surface area contributed by atoms with Crippen LogP contribution in [0.4, 0.5) is 5.69 Å². The molecule has 106 valence electrons. The number of rotatable bonds is 7. The van der Waals surface area contributed by atoms with Crippen LogP contribution in [0.15, 0.2) is 24.3 Å². The number of nitro groups is 1. The molecular formula is C14H22N2O3. The van der Waals surface area contributed by atoms with Gasteiger partial charge in [0.1, 0.15) is 0 Å². The lowest BCUT2D eigenvalue weighted by Crippen LogP contribution is -2.43. The van der Waals surface area contributed by atoms with Crippen LogP contribution >= 0.6 is 0 Å². The van der Waals surface area contributed by atoms with Crippen LogP contribution in [-0.2, 0) is 0 Å².